The number of aromatic amines is 1. The minimum absolute atomic E-state index is 0.307. The third-order valence-corrected chi connectivity index (χ3v) is 3.10. The summed E-state index contributed by atoms with van der Waals surface area (Å²) in [6.07, 6.45) is 3.07. The molecule has 96 valence electrons. The number of H-pyrrole nitrogens is 1. The molecule has 1 aromatic rings. The molecule has 0 aliphatic rings. The zero-order valence-corrected chi connectivity index (χ0v) is 11.5. The van der Waals surface area contributed by atoms with Gasteiger partial charge in [-0.1, -0.05) is 20.3 Å². The Morgan fingerprint density at radius 2 is 2.18 bits per heavy atom. The van der Waals surface area contributed by atoms with E-state index in [0.29, 0.717) is 12.3 Å². The van der Waals surface area contributed by atoms with Crippen molar-refractivity contribution in [2.45, 2.75) is 45.1 Å². The number of nitrogens with zero attached hydrogens (tertiary/aromatic N) is 1. The van der Waals surface area contributed by atoms with Crippen molar-refractivity contribution in [2.24, 2.45) is 0 Å². The van der Waals surface area contributed by atoms with E-state index in [1.54, 1.807) is 18.7 Å². The number of imidazole rings is 1. The monoisotopic (exact) mass is 256 g/mol. The van der Waals surface area contributed by atoms with Gasteiger partial charge in [0.1, 0.15) is 10.9 Å². The number of carbonyl (C=O) groups is 1. The van der Waals surface area contributed by atoms with Gasteiger partial charge in [-0.2, -0.15) is 0 Å². The molecule has 0 bridgehead atoms. The van der Waals surface area contributed by atoms with Crippen LogP contribution in [-0.2, 0) is 11.2 Å². The number of carbonyl (C=O) groups excluding carboxylic acids is 1. The molecule has 1 rings (SSSR count). The Hall–Kier alpha value is -0.970. The van der Waals surface area contributed by atoms with E-state index >= 15 is 0 Å². The van der Waals surface area contributed by atoms with Crippen molar-refractivity contribution in [3.8, 4) is 0 Å². The zero-order valence-electron chi connectivity index (χ0n) is 10.7. The number of aromatic nitrogens is 2. The summed E-state index contributed by atoms with van der Waals surface area (Å²) in [6.45, 7) is 6.37. The molecule has 0 saturated carbocycles. The van der Waals surface area contributed by atoms with Gasteiger partial charge in [-0.3, -0.25) is 0 Å². The number of thioether (sulfide) groups is 1. The topological polar surface area (TPSA) is 55.0 Å². The molecule has 1 N–H and O–H groups in total. The first kappa shape index (κ1) is 14.1. The fraction of sp³-hybridized carbons (Fsp3) is 0.667. The molecule has 17 heavy (non-hydrogen) atoms. The number of rotatable bonds is 7. The van der Waals surface area contributed by atoms with Crippen molar-refractivity contribution in [3.05, 3.63) is 11.5 Å². The van der Waals surface area contributed by atoms with Crippen molar-refractivity contribution >= 4 is 17.7 Å². The van der Waals surface area contributed by atoms with Gasteiger partial charge in [-0.15, -0.1) is 11.8 Å². The van der Waals surface area contributed by atoms with Crippen molar-refractivity contribution in [1.82, 2.24) is 9.97 Å². The van der Waals surface area contributed by atoms with Crippen molar-refractivity contribution in [1.29, 1.82) is 0 Å². The number of esters is 1. The molecule has 0 aliphatic carbocycles. The second-order valence-corrected chi connectivity index (χ2v) is 4.87. The van der Waals surface area contributed by atoms with Gasteiger partial charge in [0.05, 0.1) is 6.61 Å². The summed E-state index contributed by atoms with van der Waals surface area (Å²) in [5.74, 6) is 1.47. The molecule has 0 fully saturated rings. The minimum Gasteiger partial charge on any atom is -0.461 e. The average molecular weight is 256 g/mol. The largest absolute Gasteiger partial charge is 0.461 e. The molecule has 0 amide bonds. The normalized spacial score (nSPS) is 10.5. The third kappa shape index (κ3) is 4.07. The quantitative estimate of drug-likeness (QED) is 0.602. The number of hydrogen-bond acceptors (Lipinski definition) is 4. The molecule has 0 spiro atoms. The predicted molar refractivity (Wildman–Crippen MR) is 69.6 cm³/mol. The van der Waals surface area contributed by atoms with Gasteiger partial charge in [0.2, 0.25) is 0 Å². The molecule has 0 atom stereocenters. The lowest BCUT2D eigenvalue weighted by molar-refractivity contribution is 0.0515. The van der Waals surface area contributed by atoms with Crippen LogP contribution in [0.1, 0.15) is 49.9 Å². The highest BCUT2D eigenvalue weighted by molar-refractivity contribution is 7.99. The Labute approximate surface area is 107 Å². The third-order valence-electron chi connectivity index (χ3n) is 2.25. The molecule has 1 aromatic heterocycles. The number of ether oxygens (including phenoxy) is 1. The number of nitrogens with one attached hydrogen (secondary N) is 1. The first-order valence-electron chi connectivity index (χ1n) is 6.11. The smallest absolute Gasteiger partial charge is 0.357 e. The Morgan fingerprint density at radius 3 is 2.76 bits per heavy atom. The van der Waals surface area contributed by atoms with Crippen LogP contribution in [0.2, 0.25) is 0 Å². The van der Waals surface area contributed by atoms with Crippen LogP contribution in [0.4, 0.5) is 0 Å². The Morgan fingerprint density at radius 1 is 1.41 bits per heavy atom. The van der Waals surface area contributed by atoms with E-state index in [2.05, 4.69) is 16.9 Å². The minimum atomic E-state index is -0.307. The van der Waals surface area contributed by atoms with Crippen LogP contribution in [0.3, 0.4) is 0 Å². The SMILES string of the molecule is CCCCc1nc(SCC)c(C(=O)OCC)[nH]1. The van der Waals surface area contributed by atoms with Gasteiger partial charge in [-0.25, -0.2) is 9.78 Å². The zero-order chi connectivity index (χ0) is 12.7. The Kier molecular flexibility index (Phi) is 6.11. The molecule has 1 heterocycles. The van der Waals surface area contributed by atoms with E-state index < -0.39 is 0 Å². The van der Waals surface area contributed by atoms with Gasteiger partial charge in [-0.05, 0) is 19.1 Å². The molecule has 0 aliphatic heterocycles. The Bertz CT molecular complexity index is 363. The maximum atomic E-state index is 11.7. The average Bonchev–Trinajstić information content (AvgIpc) is 2.70. The van der Waals surface area contributed by atoms with Gasteiger partial charge >= 0.3 is 5.97 Å². The van der Waals surface area contributed by atoms with Crippen molar-refractivity contribution in [3.63, 3.8) is 0 Å². The van der Waals surface area contributed by atoms with E-state index in [4.69, 9.17) is 4.74 Å². The molecule has 4 nitrogen and oxygen atoms in total. The van der Waals surface area contributed by atoms with E-state index in [1.807, 2.05) is 6.92 Å². The van der Waals surface area contributed by atoms with Gasteiger partial charge < -0.3 is 9.72 Å². The molecule has 0 saturated heterocycles. The fourth-order valence-corrected chi connectivity index (χ4v) is 2.18. The van der Waals surface area contributed by atoms with Crippen LogP contribution in [0.15, 0.2) is 5.03 Å². The summed E-state index contributed by atoms with van der Waals surface area (Å²) < 4.78 is 5.01. The first-order valence-corrected chi connectivity index (χ1v) is 7.10. The molecular weight excluding hydrogens is 236 g/mol. The Balaban J connectivity index is 2.84. The van der Waals surface area contributed by atoms with Crippen LogP contribution in [0.25, 0.3) is 0 Å². The van der Waals surface area contributed by atoms with Gasteiger partial charge in [0, 0.05) is 6.42 Å². The van der Waals surface area contributed by atoms with Crippen molar-refractivity contribution in [2.75, 3.05) is 12.4 Å². The molecule has 5 heteroatoms. The lowest BCUT2D eigenvalue weighted by Gasteiger charge is -2.00. The summed E-state index contributed by atoms with van der Waals surface area (Å²) in [5, 5.41) is 0.761. The van der Waals surface area contributed by atoms with E-state index in [0.717, 1.165) is 35.9 Å². The number of unbranched alkanes of at least 4 members (excludes halogenated alkanes) is 1. The highest BCUT2D eigenvalue weighted by Gasteiger charge is 2.18. The predicted octanol–water partition coefficient (Wildman–Crippen LogP) is 3.04. The molecule has 0 aromatic carbocycles. The summed E-state index contributed by atoms with van der Waals surface area (Å²) in [6, 6.07) is 0. The fourth-order valence-electron chi connectivity index (χ4n) is 1.45. The summed E-state index contributed by atoms with van der Waals surface area (Å²) >= 11 is 1.57. The second-order valence-electron chi connectivity index (χ2n) is 3.62. The molecular formula is C12H20N2O2S. The molecule has 0 radical (unpaired) electrons. The maximum absolute atomic E-state index is 11.7. The van der Waals surface area contributed by atoms with E-state index in [9.17, 15) is 4.79 Å². The van der Waals surface area contributed by atoms with E-state index in [1.165, 1.54) is 0 Å². The van der Waals surface area contributed by atoms with Crippen LogP contribution < -0.4 is 0 Å². The van der Waals surface area contributed by atoms with Crippen LogP contribution in [0, 0.1) is 0 Å². The van der Waals surface area contributed by atoms with Crippen LogP contribution >= 0.6 is 11.8 Å². The first-order chi connectivity index (χ1) is 8.22. The number of hydrogen-bond donors (Lipinski definition) is 1. The van der Waals surface area contributed by atoms with Crippen molar-refractivity contribution < 1.29 is 9.53 Å². The van der Waals surface area contributed by atoms with Crippen LogP contribution in [-0.4, -0.2) is 28.3 Å². The second kappa shape index (κ2) is 7.37. The lowest BCUT2D eigenvalue weighted by Crippen LogP contribution is -2.06. The molecule has 0 unspecified atom stereocenters. The highest BCUT2D eigenvalue weighted by atomic mass is 32.2. The standard InChI is InChI=1S/C12H20N2O2S/c1-4-7-8-9-13-10(12(15)16-5-2)11(14-9)17-6-3/h4-8H2,1-3H3,(H,13,14). The lowest BCUT2D eigenvalue weighted by atomic mass is 10.2. The summed E-state index contributed by atoms with van der Waals surface area (Å²) in [7, 11) is 0. The van der Waals surface area contributed by atoms with Gasteiger partial charge in [0.25, 0.3) is 0 Å². The maximum Gasteiger partial charge on any atom is 0.357 e. The highest BCUT2D eigenvalue weighted by Crippen LogP contribution is 2.21. The summed E-state index contributed by atoms with van der Waals surface area (Å²) in [4.78, 5) is 19.2. The van der Waals surface area contributed by atoms with E-state index in [-0.39, 0.29) is 5.97 Å². The van der Waals surface area contributed by atoms with Crippen LogP contribution in [0.5, 0.6) is 0 Å². The van der Waals surface area contributed by atoms with Gasteiger partial charge in [0.15, 0.2) is 5.69 Å². The number of aryl methyl sites for hydroxylation is 1. The summed E-state index contributed by atoms with van der Waals surface area (Å²) in [5.41, 5.74) is 0.504.